The zero-order valence-corrected chi connectivity index (χ0v) is 14.4. The van der Waals surface area contributed by atoms with Crippen LogP contribution in [0.2, 0.25) is 0 Å². The topological polar surface area (TPSA) is 86.1 Å². The Morgan fingerprint density at radius 3 is 2.42 bits per heavy atom. The molecule has 7 nitrogen and oxygen atoms in total. The average molecular weight is 350 g/mol. The molecule has 0 bridgehead atoms. The van der Waals surface area contributed by atoms with Gasteiger partial charge in [-0.1, -0.05) is 0 Å². The molecule has 0 aliphatic carbocycles. The van der Waals surface area contributed by atoms with Gasteiger partial charge < -0.3 is 10.1 Å². The van der Waals surface area contributed by atoms with Crippen LogP contribution < -0.4 is 15.6 Å². The molecule has 0 aliphatic rings. The molecule has 0 saturated heterocycles. The van der Waals surface area contributed by atoms with Crippen molar-refractivity contribution in [1.82, 2.24) is 14.8 Å². The van der Waals surface area contributed by atoms with Crippen molar-refractivity contribution in [3.8, 4) is 17.0 Å². The summed E-state index contributed by atoms with van der Waals surface area (Å²) in [6, 6.07) is 12.8. The molecule has 2 heterocycles. The van der Waals surface area contributed by atoms with Gasteiger partial charge >= 0.3 is 0 Å². The van der Waals surface area contributed by atoms with Gasteiger partial charge in [0.25, 0.3) is 5.56 Å². The van der Waals surface area contributed by atoms with Gasteiger partial charge in [-0.15, -0.1) is 0 Å². The Morgan fingerprint density at radius 1 is 1.08 bits per heavy atom. The third-order valence-corrected chi connectivity index (χ3v) is 3.90. The fourth-order valence-electron chi connectivity index (χ4n) is 2.41. The third kappa shape index (κ3) is 3.77. The van der Waals surface area contributed by atoms with Crippen LogP contribution in [0.25, 0.3) is 11.3 Å². The van der Waals surface area contributed by atoms with Crippen molar-refractivity contribution in [3.63, 3.8) is 0 Å². The van der Waals surface area contributed by atoms with Gasteiger partial charge in [0.15, 0.2) is 0 Å². The number of nitrogens with zero attached hydrogens (tertiary/aromatic N) is 3. The van der Waals surface area contributed by atoms with E-state index in [9.17, 15) is 9.59 Å². The van der Waals surface area contributed by atoms with Gasteiger partial charge in [-0.2, -0.15) is 5.10 Å². The predicted molar refractivity (Wildman–Crippen MR) is 98.1 cm³/mol. The highest BCUT2D eigenvalue weighted by atomic mass is 16.5. The summed E-state index contributed by atoms with van der Waals surface area (Å²) in [6.07, 6.45) is 3.29. The Labute approximate surface area is 150 Å². The highest BCUT2D eigenvalue weighted by molar-refractivity contribution is 5.93. The standard InChI is InChI=1S/C19H18N4O3/c1-13(19(25)21-15-3-5-16(26-2)6-4-15)23-18(24)8-7-17(22-23)14-9-11-20-12-10-14/h3-13H,1-2H3,(H,21,25). The van der Waals surface area contributed by atoms with Crippen LogP contribution in [0, 0.1) is 0 Å². The molecule has 1 atom stereocenters. The first-order chi connectivity index (χ1) is 12.6. The van der Waals surface area contributed by atoms with Crippen LogP contribution in [-0.4, -0.2) is 27.8 Å². The number of hydrogen-bond donors (Lipinski definition) is 1. The maximum Gasteiger partial charge on any atom is 0.267 e. The number of methoxy groups -OCH3 is 1. The number of carbonyl (C=O) groups is 1. The lowest BCUT2D eigenvalue weighted by atomic mass is 10.2. The fraction of sp³-hybridized carbons (Fsp3) is 0.158. The number of hydrogen-bond acceptors (Lipinski definition) is 5. The first-order valence-electron chi connectivity index (χ1n) is 8.03. The predicted octanol–water partition coefficient (Wildman–Crippen LogP) is 2.51. The summed E-state index contributed by atoms with van der Waals surface area (Å²) in [6.45, 7) is 1.63. The molecule has 2 aromatic heterocycles. The molecule has 1 N–H and O–H groups in total. The molecule has 1 aromatic carbocycles. The average Bonchev–Trinajstić information content (AvgIpc) is 2.69. The molecule has 7 heteroatoms. The maximum absolute atomic E-state index is 12.5. The van der Waals surface area contributed by atoms with Crippen LogP contribution in [0.5, 0.6) is 5.75 Å². The van der Waals surface area contributed by atoms with Crippen LogP contribution in [0.1, 0.15) is 13.0 Å². The zero-order chi connectivity index (χ0) is 18.5. The number of amides is 1. The molecule has 0 saturated carbocycles. The second-order valence-corrected chi connectivity index (χ2v) is 5.63. The summed E-state index contributed by atoms with van der Waals surface area (Å²) in [4.78, 5) is 28.7. The lowest BCUT2D eigenvalue weighted by molar-refractivity contribution is -0.119. The number of rotatable bonds is 5. The van der Waals surface area contributed by atoms with Gasteiger partial charge in [0.1, 0.15) is 11.8 Å². The van der Waals surface area contributed by atoms with E-state index < -0.39 is 6.04 Å². The van der Waals surface area contributed by atoms with Crippen LogP contribution in [0.15, 0.2) is 65.7 Å². The van der Waals surface area contributed by atoms with Crippen LogP contribution in [0.4, 0.5) is 5.69 Å². The maximum atomic E-state index is 12.5. The Balaban J connectivity index is 1.83. The first-order valence-corrected chi connectivity index (χ1v) is 8.03. The summed E-state index contributed by atoms with van der Waals surface area (Å²) < 4.78 is 6.26. The highest BCUT2D eigenvalue weighted by Gasteiger charge is 2.18. The van der Waals surface area contributed by atoms with Gasteiger partial charge in [0.2, 0.25) is 5.91 Å². The SMILES string of the molecule is COc1ccc(NC(=O)C(C)n2nc(-c3ccncc3)ccc2=O)cc1. The largest absolute Gasteiger partial charge is 0.497 e. The molecule has 0 radical (unpaired) electrons. The lowest BCUT2D eigenvalue weighted by Gasteiger charge is -2.15. The molecule has 0 aliphatic heterocycles. The quantitative estimate of drug-likeness (QED) is 0.764. The molecule has 0 fully saturated rings. The summed E-state index contributed by atoms with van der Waals surface area (Å²) in [5.74, 6) is 0.357. The number of anilines is 1. The van der Waals surface area contributed by atoms with Crippen LogP contribution >= 0.6 is 0 Å². The zero-order valence-electron chi connectivity index (χ0n) is 14.4. The van der Waals surface area contributed by atoms with E-state index in [0.717, 1.165) is 5.56 Å². The van der Waals surface area contributed by atoms with Crippen molar-refractivity contribution in [2.75, 3.05) is 12.4 Å². The van der Waals surface area contributed by atoms with E-state index in [1.54, 1.807) is 68.9 Å². The summed E-state index contributed by atoms with van der Waals surface area (Å²) >= 11 is 0. The van der Waals surface area contributed by atoms with E-state index in [4.69, 9.17) is 4.74 Å². The van der Waals surface area contributed by atoms with Gasteiger partial charge in [-0.3, -0.25) is 14.6 Å². The Bertz CT molecular complexity index is 953. The highest BCUT2D eigenvalue weighted by Crippen LogP contribution is 2.17. The van der Waals surface area contributed by atoms with E-state index in [0.29, 0.717) is 17.1 Å². The second kappa shape index (κ2) is 7.60. The van der Waals surface area contributed by atoms with E-state index in [1.807, 2.05) is 0 Å². The fourth-order valence-corrected chi connectivity index (χ4v) is 2.41. The molecular formula is C19H18N4O3. The smallest absolute Gasteiger partial charge is 0.267 e. The molecule has 3 rings (SSSR count). The monoisotopic (exact) mass is 350 g/mol. The molecule has 1 unspecified atom stereocenters. The Kier molecular flexibility index (Phi) is 5.07. The number of benzene rings is 1. The third-order valence-electron chi connectivity index (χ3n) is 3.90. The molecule has 26 heavy (non-hydrogen) atoms. The van der Waals surface area contributed by atoms with E-state index in [1.165, 1.54) is 10.7 Å². The second-order valence-electron chi connectivity index (χ2n) is 5.63. The van der Waals surface area contributed by atoms with Crippen molar-refractivity contribution in [2.24, 2.45) is 0 Å². The van der Waals surface area contributed by atoms with Gasteiger partial charge in [0, 0.05) is 29.7 Å². The first kappa shape index (κ1) is 17.3. The molecular weight excluding hydrogens is 332 g/mol. The minimum atomic E-state index is -0.772. The number of pyridine rings is 1. The molecule has 3 aromatic rings. The van der Waals surface area contributed by atoms with Crippen molar-refractivity contribution >= 4 is 11.6 Å². The normalized spacial score (nSPS) is 11.6. The lowest BCUT2D eigenvalue weighted by Crippen LogP contribution is -2.33. The summed E-state index contributed by atoms with van der Waals surface area (Å²) in [5, 5.41) is 7.10. The van der Waals surface area contributed by atoms with Gasteiger partial charge in [0.05, 0.1) is 12.8 Å². The number of ether oxygens (including phenoxy) is 1. The minimum Gasteiger partial charge on any atom is -0.497 e. The minimum absolute atomic E-state index is 0.336. The van der Waals surface area contributed by atoms with Crippen molar-refractivity contribution in [3.05, 3.63) is 71.3 Å². The van der Waals surface area contributed by atoms with E-state index >= 15 is 0 Å². The van der Waals surface area contributed by atoms with Crippen molar-refractivity contribution in [2.45, 2.75) is 13.0 Å². The number of carbonyl (C=O) groups excluding carboxylic acids is 1. The van der Waals surface area contributed by atoms with E-state index in [2.05, 4.69) is 15.4 Å². The van der Waals surface area contributed by atoms with Crippen molar-refractivity contribution in [1.29, 1.82) is 0 Å². The molecule has 0 spiro atoms. The summed E-state index contributed by atoms with van der Waals surface area (Å²) in [7, 11) is 1.57. The molecule has 132 valence electrons. The number of nitrogens with one attached hydrogen (secondary N) is 1. The van der Waals surface area contributed by atoms with Crippen LogP contribution in [-0.2, 0) is 4.79 Å². The Morgan fingerprint density at radius 2 is 1.77 bits per heavy atom. The van der Waals surface area contributed by atoms with Gasteiger partial charge in [-0.25, -0.2) is 4.68 Å². The van der Waals surface area contributed by atoms with Crippen molar-refractivity contribution < 1.29 is 9.53 Å². The van der Waals surface area contributed by atoms with E-state index in [-0.39, 0.29) is 11.5 Å². The number of aromatic nitrogens is 3. The molecule has 1 amide bonds. The Hall–Kier alpha value is -3.48. The van der Waals surface area contributed by atoms with Gasteiger partial charge in [-0.05, 0) is 49.4 Å². The van der Waals surface area contributed by atoms with Crippen LogP contribution in [0.3, 0.4) is 0 Å². The summed E-state index contributed by atoms with van der Waals surface area (Å²) in [5.41, 5.74) is 1.67.